The van der Waals surface area contributed by atoms with Gasteiger partial charge in [0, 0.05) is 25.2 Å². The molecule has 0 aromatic carbocycles. The first-order valence-electron chi connectivity index (χ1n) is 5.82. The highest BCUT2D eigenvalue weighted by atomic mass is 16.3. The molecule has 0 saturated heterocycles. The highest BCUT2D eigenvalue weighted by Crippen LogP contribution is 2.14. The molecule has 4 N–H and O–H groups in total. The first-order chi connectivity index (χ1) is 7.45. The van der Waals surface area contributed by atoms with Crippen LogP contribution in [0.3, 0.4) is 0 Å². The molecule has 0 saturated carbocycles. The molecule has 0 bridgehead atoms. The highest BCUT2D eigenvalue weighted by molar-refractivity contribution is 5.78. The quantitative estimate of drug-likeness (QED) is 0.330. The summed E-state index contributed by atoms with van der Waals surface area (Å²) in [6.07, 6.45) is 0.722. The predicted octanol–water partition coefficient (Wildman–Crippen LogP) is 0.0937. The van der Waals surface area contributed by atoms with Gasteiger partial charge in [0.05, 0.1) is 5.92 Å². The molecule has 0 radical (unpaired) electrons. The van der Waals surface area contributed by atoms with Crippen molar-refractivity contribution in [1.82, 2.24) is 10.3 Å². The Labute approximate surface area is 98.0 Å². The van der Waals surface area contributed by atoms with E-state index < -0.39 is 0 Å². The van der Waals surface area contributed by atoms with Gasteiger partial charge in [0.25, 0.3) is 0 Å². The zero-order valence-electron chi connectivity index (χ0n) is 10.7. The van der Waals surface area contributed by atoms with Gasteiger partial charge in [-0.05, 0) is 27.2 Å². The molecule has 0 aliphatic rings. The van der Waals surface area contributed by atoms with Crippen molar-refractivity contribution in [2.45, 2.75) is 46.2 Å². The molecule has 0 heterocycles. The van der Waals surface area contributed by atoms with E-state index in [4.69, 9.17) is 10.9 Å². The summed E-state index contributed by atoms with van der Waals surface area (Å²) in [5, 5.41) is 8.85. The molecule has 0 aliphatic heterocycles. The van der Waals surface area contributed by atoms with Crippen LogP contribution in [0.4, 0.5) is 0 Å². The maximum absolute atomic E-state index is 11.4. The lowest BCUT2D eigenvalue weighted by Gasteiger charge is -2.35. The smallest absolute Gasteiger partial charge is 0.238 e. The van der Waals surface area contributed by atoms with E-state index in [-0.39, 0.29) is 24.5 Å². The number of carbonyl (C=O) groups excluding carboxylic acids is 1. The third kappa shape index (κ3) is 4.47. The lowest BCUT2D eigenvalue weighted by atomic mass is 10.00. The fourth-order valence-corrected chi connectivity index (χ4v) is 1.82. The minimum atomic E-state index is -0.161. The van der Waals surface area contributed by atoms with Crippen LogP contribution in [0.15, 0.2) is 0 Å². The van der Waals surface area contributed by atoms with Gasteiger partial charge in [0.15, 0.2) is 0 Å². The summed E-state index contributed by atoms with van der Waals surface area (Å²) in [5.74, 6) is 4.82. The molecule has 0 aromatic rings. The molecule has 2 atom stereocenters. The van der Waals surface area contributed by atoms with E-state index in [0.29, 0.717) is 6.04 Å². The standard InChI is InChI=1S/C11H25N3O2/c1-8(2)14(6-5-7-15)10(4)9(3)11(16)13-12/h8-10,15H,5-7,12H2,1-4H3,(H,13,16). The largest absolute Gasteiger partial charge is 0.396 e. The molecule has 5 nitrogen and oxygen atoms in total. The molecule has 16 heavy (non-hydrogen) atoms. The van der Waals surface area contributed by atoms with Crippen molar-refractivity contribution < 1.29 is 9.90 Å². The summed E-state index contributed by atoms with van der Waals surface area (Å²) in [4.78, 5) is 13.6. The third-order valence-electron chi connectivity index (χ3n) is 3.04. The predicted molar refractivity (Wildman–Crippen MR) is 64.5 cm³/mol. The van der Waals surface area contributed by atoms with E-state index in [1.54, 1.807) is 0 Å². The van der Waals surface area contributed by atoms with Crippen LogP contribution in [0.5, 0.6) is 0 Å². The van der Waals surface area contributed by atoms with Gasteiger partial charge in [0.2, 0.25) is 5.91 Å². The molecule has 2 unspecified atom stereocenters. The van der Waals surface area contributed by atoms with Gasteiger partial charge in [-0.15, -0.1) is 0 Å². The zero-order chi connectivity index (χ0) is 12.7. The topological polar surface area (TPSA) is 78.6 Å². The first-order valence-corrected chi connectivity index (χ1v) is 5.82. The molecule has 5 heteroatoms. The second kappa shape index (κ2) is 7.60. The lowest BCUT2D eigenvalue weighted by Crippen LogP contribution is -2.48. The Morgan fingerprint density at radius 3 is 2.31 bits per heavy atom. The lowest BCUT2D eigenvalue weighted by molar-refractivity contribution is -0.126. The summed E-state index contributed by atoms with van der Waals surface area (Å²) in [5.41, 5.74) is 2.18. The first kappa shape index (κ1) is 15.3. The molecule has 0 spiro atoms. The molecule has 0 aromatic heterocycles. The molecule has 0 aliphatic carbocycles. The Bertz CT molecular complexity index is 209. The van der Waals surface area contributed by atoms with Crippen molar-refractivity contribution in [3.05, 3.63) is 0 Å². The second-order valence-corrected chi connectivity index (χ2v) is 4.45. The van der Waals surface area contributed by atoms with Crippen molar-refractivity contribution >= 4 is 5.91 Å². The van der Waals surface area contributed by atoms with Crippen LogP contribution in [0.2, 0.25) is 0 Å². The van der Waals surface area contributed by atoms with Crippen LogP contribution >= 0.6 is 0 Å². The van der Waals surface area contributed by atoms with Gasteiger partial charge < -0.3 is 5.11 Å². The molecule has 1 amide bonds. The van der Waals surface area contributed by atoms with Gasteiger partial charge in [-0.1, -0.05) is 6.92 Å². The third-order valence-corrected chi connectivity index (χ3v) is 3.04. The molecular weight excluding hydrogens is 206 g/mol. The van der Waals surface area contributed by atoms with Gasteiger partial charge in [-0.2, -0.15) is 0 Å². The van der Waals surface area contributed by atoms with E-state index >= 15 is 0 Å². The Morgan fingerprint density at radius 1 is 1.38 bits per heavy atom. The normalized spacial score (nSPS) is 15.2. The number of carbonyl (C=O) groups is 1. The van der Waals surface area contributed by atoms with Crippen molar-refractivity contribution in [3.8, 4) is 0 Å². The van der Waals surface area contributed by atoms with Crippen LogP contribution in [-0.2, 0) is 4.79 Å². The van der Waals surface area contributed by atoms with E-state index in [1.807, 2.05) is 13.8 Å². The number of hydrogen-bond donors (Lipinski definition) is 3. The van der Waals surface area contributed by atoms with Crippen molar-refractivity contribution in [3.63, 3.8) is 0 Å². The van der Waals surface area contributed by atoms with Gasteiger partial charge in [0.1, 0.15) is 0 Å². The second-order valence-electron chi connectivity index (χ2n) is 4.45. The SMILES string of the molecule is CC(C(=O)NN)C(C)N(CCCO)C(C)C. The number of nitrogens with one attached hydrogen (secondary N) is 1. The molecule has 96 valence electrons. The fraction of sp³-hybridized carbons (Fsp3) is 0.909. The Hall–Kier alpha value is -0.650. The Kier molecular flexibility index (Phi) is 7.29. The Morgan fingerprint density at radius 2 is 1.94 bits per heavy atom. The molecule has 0 rings (SSSR count). The number of hydrazine groups is 1. The van der Waals surface area contributed by atoms with E-state index in [0.717, 1.165) is 13.0 Å². The maximum atomic E-state index is 11.4. The van der Waals surface area contributed by atoms with E-state index in [9.17, 15) is 4.79 Å². The van der Waals surface area contributed by atoms with Crippen LogP contribution in [-0.4, -0.2) is 41.1 Å². The molecule has 0 fully saturated rings. The number of nitrogens with two attached hydrogens (primary N) is 1. The maximum Gasteiger partial charge on any atom is 0.238 e. The fourth-order valence-electron chi connectivity index (χ4n) is 1.82. The minimum absolute atomic E-state index is 0.107. The number of aliphatic hydroxyl groups is 1. The number of aliphatic hydroxyl groups excluding tert-OH is 1. The molecular formula is C11H25N3O2. The monoisotopic (exact) mass is 231 g/mol. The van der Waals surface area contributed by atoms with Crippen LogP contribution in [0.25, 0.3) is 0 Å². The van der Waals surface area contributed by atoms with Crippen molar-refractivity contribution in [1.29, 1.82) is 0 Å². The summed E-state index contributed by atoms with van der Waals surface area (Å²) in [6.45, 7) is 9.01. The number of hydrogen-bond acceptors (Lipinski definition) is 4. The van der Waals surface area contributed by atoms with Crippen LogP contribution in [0.1, 0.15) is 34.1 Å². The van der Waals surface area contributed by atoms with Crippen LogP contribution < -0.4 is 11.3 Å². The van der Waals surface area contributed by atoms with Gasteiger partial charge in [-0.3, -0.25) is 15.1 Å². The summed E-state index contributed by atoms with van der Waals surface area (Å²) in [7, 11) is 0. The van der Waals surface area contributed by atoms with Gasteiger partial charge >= 0.3 is 0 Å². The van der Waals surface area contributed by atoms with E-state index in [2.05, 4.69) is 24.2 Å². The number of nitrogens with zero attached hydrogens (tertiary/aromatic N) is 1. The van der Waals surface area contributed by atoms with Crippen LogP contribution in [0, 0.1) is 5.92 Å². The average molecular weight is 231 g/mol. The minimum Gasteiger partial charge on any atom is -0.396 e. The zero-order valence-corrected chi connectivity index (χ0v) is 10.7. The summed E-state index contributed by atoms with van der Waals surface area (Å²) >= 11 is 0. The average Bonchev–Trinajstić information content (AvgIpc) is 2.26. The Balaban J connectivity index is 4.47. The van der Waals surface area contributed by atoms with Crippen molar-refractivity contribution in [2.24, 2.45) is 11.8 Å². The number of rotatable bonds is 7. The van der Waals surface area contributed by atoms with Gasteiger partial charge in [-0.25, -0.2) is 5.84 Å². The summed E-state index contributed by atoms with van der Waals surface area (Å²) < 4.78 is 0. The van der Waals surface area contributed by atoms with Crippen molar-refractivity contribution in [2.75, 3.05) is 13.2 Å². The number of amides is 1. The highest BCUT2D eigenvalue weighted by Gasteiger charge is 2.26. The van der Waals surface area contributed by atoms with E-state index in [1.165, 1.54) is 0 Å². The summed E-state index contributed by atoms with van der Waals surface area (Å²) in [6, 6.07) is 0.449.